The molecule has 0 aliphatic carbocycles. The Morgan fingerprint density at radius 2 is 2.24 bits per heavy atom. The molecule has 1 amide bonds. The van der Waals surface area contributed by atoms with Crippen LogP contribution in [0.1, 0.15) is 16.2 Å². The Labute approximate surface area is 103 Å². The highest BCUT2D eigenvalue weighted by molar-refractivity contribution is 7.14. The van der Waals surface area contributed by atoms with Crippen LogP contribution in [0.3, 0.4) is 0 Å². The topological polar surface area (TPSA) is 57.0 Å². The number of hydrogen-bond donors (Lipinski definition) is 0. The number of rotatable bonds is 2. The summed E-state index contributed by atoms with van der Waals surface area (Å²) < 4.78 is 0. The molecule has 17 heavy (non-hydrogen) atoms. The van der Waals surface area contributed by atoms with Crippen LogP contribution in [0.4, 0.5) is 5.00 Å². The van der Waals surface area contributed by atoms with Gasteiger partial charge in [0.25, 0.3) is 5.91 Å². The summed E-state index contributed by atoms with van der Waals surface area (Å²) in [6.45, 7) is 0. The van der Waals surface area contributed by atoms with Gasteiger partial charge in [-0.2, -0.15) is 5.26 Å². The van der Waals surface area contributed by atoms with Crippen molar-refractivity contribution in [3.8, 4) is 6.07 Å². The molecule has 2 rings (SSSR count). The van der Waals surface area contributed by atoms with Gasteiger partial charge in [-0.1, -0.05) is 6.07 Å². The lowest BCUT2D eigenvalue weighted by Gasteiger charge is -2.14. The summed E-state index contributed by atoms with van der Waals surface area (Å²) in [4.78, 5) is 17.6. The fourth-order valence-corrected chi connectivity index (χ4v) is 2.04. The molecule has 0 saturated heterocycles. The van der Waals surface area contributed by atoms with Crippen molar-refractivity contribution in [2.24, 2.45) is 0 Å². The number of amides is 1. The third kappa shape index (κ3) is 2.32. The molecule has 2 heterocycles. The van der Waals surface area contributed by atoms with E-state index in [2.05, 4.69) is 4.98 Å². The number of nitrogens with zero attached hydrogens (tertiary/aromatic N) is 3. The van der Waals surface area contributed by atoms with Gasteiger partial charge in [0.1, 0.15) is 17.5 Å². The second kappa shape index (κ2) is 4.76. The highest BCUT2D eigenvalue weighted by Crippen LogP contribution is 2.21. The number of pyridine rings is 1. The maximum Gasteiger partial charge on any atom is 0.277 e. The predicted octanol–water partition coefficient (Wildman–Crippen LogP) is 2.29. The van der Waals surface area contributed by atoms with Gasteiger partial charge in [0.2, 0.25) is 0 Å². The number of hydrogen-bond acceptors (Lipinski definition) is 4. The summed E-state index contributed by atoms with van der Waals surface area (Å²) in [6, 6.07) is 10.5. The van der Waals surface area contributed by atoms with Crippen LogP contribution in [0.25, 0.3) is 0 Å². The van der Waals surface area contributed by atoms with Crippen LogP contribution in [0.5, 0.6) is 0 Å². The van der Waals surface area contributed by atoms with E-state index in [1.165, 1.54) is 16.2 Å². The van der Waals surface area contributed by atoms with E-state index in [1.54, 1.807) is 25.2 Å². The Bertz CT molecular complexity index is 572. The molecule has 4 nitrogen and oxygen atoms in total. The molecule has 0 radical (unpaired) electrons. The Morgan fingerprint density at radius 3 is 2.88 bits per heavy atom. The van der Waals surface area contributed by atoms with Crippen LogP contribution < -0.4 is 4.90 Å². The fraction of sp³-hybridized carbons (Fsp3) is 0.0833. The Morgan fingerprint density at radius 1 is 1.41 bits per heavy atom. The molecule has 0 atom stereocenters. The minimum absolute atomic E-state index is 0.218. The third-order valence-electron chi connectivity index (χ3n) is 2.22. The van der Waals surface area contributed by atoms with Gasteiger partial charge < -0.3 is 4.90 Å². The smallest absolute Gasteiger partial charge is 0.277 e. The van der Waals surface area contributed by atoms with E-state index >= 15 is 0 Å². The quantitative estimate of drug-likeness (QED) is 0.813. The molecule has 0 aromatic carbocycles. The number of nitriles is 1. The van der Waals surface area contributed by atoms with E-state index in [0.29, 0.717) is 0 Å². The molecule has 84 valence electrons. The normalized spacial score (nSPS) is 9.65. The number of aromatic nitrogens is 1. The summed E-state index contributed by atoms with van der Waals surface area (Å²) in [5.74, 6) is -0.218. The van der Waals surface area contributed by atoms with Gasteiger partial charge in [-0.3, -0.25) is 4.79 Å². The van der Waals surface area contributed by atoms with Crippen molar-refractivity contribution in [2.45, 2.75) is 0 Å². The summed E-state index contributed by atoms with van der Waals surface area (Å²) in [5, 5.41) is 11.5. The Balaban J connectivity index is 2.28. The zero-order valence-corrected chi connectivity index (χ0v) is 9.94. The van der Waals surface area contributed by atoms with Crippen molar-refractivity contribution < 1.29 is 4.79 Å². The van der Waals surface area contributed by atoms with E-state index in [0.717, 1.165) is 5.00 Å². The van der Waals surface area contributed by atoms with Gasteiger partial charge in [0, 0.05) is 7.05 Å². The molecule has 0 fully saturated rings. The summed E-state index contributed by atoms with van der Waals surface area (Å²) in [5.41, 5.74) is 0.523. The van der Waals surface area contributed by atoms with E-state index < -0.39 is 0 Å². The van der Waals surface area contributed by atoms with Crippen molar-refractivity contribution in [3.05, 3.63) is 47.1 Å². The SMILES string of the molecule is CN(C(=O)c1cccc(C#N)n1)c1cccs1. The average Bonchev–Trinajstić information content (AvgIpc) is 2.91. The minimum atomic E-state index is -0.218. The van der Waals surface area contributed by atoms with Gasteiger partial charge in [-0.05, 0) is 29.6 Å². The lowest BCUT2D eigenvalue weighted by atomic mass is 10.3. The van der Waals surface area contributed by atoms with Gasteiger partial charge in [-0.25, -0.2) is 4.98 Å². The Kier molecular flexibility index (Phi) is 3.17. The summed E-state index contributed by atoms with van der Waals surface area (Å²) >= 11 is 1.48. The maximum atomic E-state index is 12.1. The zero-order valence-electron chi connectivity index (χ0n) is 9.12. The van der Waals surface area contributed by atoms with Gasteiger partial charge >= 0.3 is 0 Å². The number of carbonyl (C=O) groups excluding carboxylic acids is 1. The van der Waals surface area contributed by atoms with Crippen LogP contribution in [0, 0.1) is 11.3 Å². The molecule has 0 unspecified atom stereocenters. The first-order chi connectivity index (χ1) is 8.22. The molecule has 0 aliphatic rings. The lowest BCUT2D eigenvalue weighted by molar-refractivity contribution is 0.0989. The van der Waals surface area contributed by atoms with Crippen LogP contribution in [0.15, 0.2) is 35.7 Å². The Hall–Kier alpha value is -2.19. The standard InChI is InChI=1S/C12H9N3OS/c1-15(11-6-3-7-17-11)12(16)10-5-2-4-9(8-13)14-10/h2-7H,1H3. The van der Waals surface area contributed by atoms with E-state index in [4.69, 9.17) is 5.26 Å². The van der Waals surface area contributed by atoms with Crippen molar-refractivity contribution >= 4 is 22.2 Å². The molecule has 0 spiro atoms. The molecule has 5 heteroatoms. The van der Waals surface area contributed by atoms with Crippen molar-refractivity contribution in [2.75, 3.05) is 11.9 Å². The molecule has 2 aromatic rings. The van der Waals surface area contributed by atoms with Crippen LogP contribution in [0.2, 0.25) is 0 Å². The van der Waals surface area contributed by atoms with E-state index in [1.807, 2.05) is 23.6 Å². The molecular weight excluding hydrogens is 234 g/mol. The highest BCUT2D eigenvalue weighted by Gasteiger charge is 2.15. The number of carbonyl (C=O) groups is 1. The summed E-state index contributed by atoms with van der Waals surface area (Å²) in [7, 11) is 1.69. The molecule has 0 bridgehead atoms. The second-order valence-corrected chi connectivity index (χ2v) is 4.26. The fourth-order valence-electron chi connectivity index (χ4n) is 1.35. The van der Waals surface area contributed by atoms with E-state index in [9.17, 15) is 4.79 Å². The molecular formula is C12H9N3OS. The third-order valence-corrected chi connectivity index (χ3v) is 3.17. The van der Waals surface area contributed by atoms with Crippen LogP contribution in [-0.4, -0.2) is 17.9 Å². The molecule has 0 saturated carbocycles. The largest absolute Gasteiger partial charge is 0.301 e. The van der Waals surface area contributed by atoms with Crippen LogP contribution >= 0.6 is 11.3 Å². The van der Waals surface area contributed by atoms with Gasteiger partial charge in [0.15, 0.2) is 0 Å². The maximum absolute atomic E-state index is 12.1. The van der Waals surface area contributed by atoms with Crippen molar-refractivity contribution in [3.63, 3.8) is 0 Å². The number of thiophene rings is 1. The van der Waals surface area contributed by atoms with Crippen LogP contribution in [-0.2, 0) is 0 Å². The first kappa shape index (κ1) is 11.3. The molecule has 0 aliphatic heterocycles. The predicted molar refractivity (Wildman–Crippen MR) is 66.0 cm³/mol. The molecule has 2 aromatic heterocycles. The first-order valence-corrected chi connectivity index (χ1v) is 5.79. The minimum Gasteiger partial charge on any atom is -0.301 e. The lowest BCUT2D eigenvalue weighted by Crippen LogP contribution is -2.26. The van der Waals surface area contributed by atoms with Gasteiger partial charge in [0.05, 0.1) is 5.00 Å². The van der Waals surface area contributed by atoms with Gasteiger partial charge in [-0.15, -0.1) is 11.3 Å². The van der Waals surface area contributed by atoms with Crippen molar-refractivity contribution in [1.29, 1.82) is 5.26 Å². The monoisotopic (exact) mass is 243 g/mol. The zero-order chi connectivity index (χ0) is 12.3. The highest BCUT2D eigenvalue weighted by atomic mass is 32.1. The first-order valence-electron chi connectivity index (χ1n) is 4.91. The van der Waals surface area contributed by atoms with E-state index in [-0.39, 0.29) is 17.3 Å². The summed E-state index contributed by atoms with van der Waals surface area (Å²) in [6.07, 6.45) is 0. The number of anilines is 1. The second-order valence-electron chi connectivity index (χ2n) is 3.34. The average molecular weight is 243 g/mol. The van der Waals surface area contributed by atoms with Crippen molar-refractivity contribution in [1.82, 2.24) is 4.98 Å². The molecule has 0 N–H and O–H groups in total.